The molecule has 6 heteroatoms. The monoisotopic (exact) mass is 720 g/mol. The Hall–Kier alpha value is -7.15. The van der Waals surface area contributed by atoms with E-state index in [9.17, 15) is 0 Å². The highest BCUT2D eigenvalue weighted by atomic mass is 32.1. The summed E-state index contributed by atoms with van der Waals surface area (Å²) in [5, 5.41) is 9.29. The smallest absolute Gasteiger partial charge is 0.166 e. The molecule has 0 aliphatic rings. The van der Waals surface area contributed by atoms with Crippen LogP contribution in [0.15, 0.2) is 174 Å². The highest BCUT2D eigenvalue weighted by molar-refractivity contribution is 7.25. The van der Waals surface area contributed by atoms with Crippen LogP contribution in [0.25, 0.3) is 115 Å². The van der Waals surface area contributed by atoms with Crippen molar-refractivity contribution in [1.82, 2.24) is 19.5 Å². The molecular weight excluding hydrogens is 693 g/mol. The molecule has 4 heterocycles. The zero-order valence-corrected chi connectivity index (χ0v) is 30.1. The van der Waals surface area contributed by atoms with Crippen LogP contribution in [0.4, 0.5) is 0 Å². The molecule has 5 nitrogen and oxygen atoms in total. The van der Waals surface area contributed by atoms with E-state index in [1.807, 2.05) is 30.3 Å². The van der Waals surface area contributed by atoms with Gasteiger partial charge in [0.25, 0.3) is 0 Å². The number of rotatable bonds is 4. The van der Waals surface area contributed by atoms with Crippen molar-refractivity contribution in [3.63, 3.8) is 0 Å². The average molecular weight is 721 g/mol. The fourth-order valence-corrected chi connectivity index (χ4v) is 9.46. The number of hydrogen-bond acceptors (Lipinski definition) is 5. The van der Waals surface area contributed by atoms with Gasteiger partial charge in [0.2, 0.25) is 0 Å². The third kappa shape index (κ3) is 4.62. The van der Waals surface area contributed by atoms with E-state index in [1.54, 1.807) is 11.3 Å². The van der Waals surface area contributed by atoms with Crippen LogP contribution in [0, 0.1) is 0 Å². The Morgan fingerprint density at radius 1 is 0.418 bits per heavy atom. The molecule has 0 unspecified atom stereocenters. The largest absolute Gasteiger partial charge is 0.456 e. The first-order valence-corrected chi connectivity index (χ1v) is 19.2. The van der Waals surface area contributed by atoms with Crippen LogP contribution in [-0.4, -0.2) is 19.5 Å². The van der Waals surface area contributed by atoms with Crippen molar-refractivity contribution in [2.75, 3.05) is 0 Å². The van der Waals surface area contributed by atoms with Gasteiger partial charge in [0.05, 0.1) is 22.1 Å². The van der Waals surface area contributed by atoms with E-state index >= 15 is 0 Å². The molecule has 0 radical (unpaired) electrons. The third-order valence-corrected chi connectivity index (χ3v) is 12.0. The molecule has 12 aromatic rings. The molecular formula is C49H28N4OS. The predicted octanol–water partition coefficient (Wildman–Crippen LogP) is 13.4. The van der Waals surface area contributed by atoms with Crippen LogP contribution in [0.5, 0.6) is 0 Å². The van der Waals surface area contributed by atoms with E-state index < -0.39 is 0 Å². The highest BCUT2D eigenvalue weighted by Crippen LogP contribution is 2.44. The van der Waals surface area contributed by atoms with Gasteiger partial charge >= 0.3 is 0 Å². The molecule has 0 bridgehead atoms. The third-order valence-electron chi connectivity index (χ3n) is 10.8. The number of benzene rings is 8. The zero-order valence-electron chi connectivity index (χ0n) is 29.3. The van der Waals surface area contributed by atoms with Crippen molar-refractivity contribution in [3.8, 4) is 39.9 Å². The fourth-order valence-electron chi connectivity index (χ4n) is 8.31. The summed E-state index contributed by atoms with van der Waals surface area (Å²) in [5.41, 5.74) is 7.57. The molecule has 0 N–H and O–H groups in total. The Bertz CT molecular complexity index is 3500. The Labute approximate surface area is 318 Å². The number of nitrogens with zero attached hydrogens (tertiary/aromatic N) is 4. The molecule has 4 aromatic heterocycles. The van der Waals surface area contributed by atoms with Gasteiger partial charge in [-0.3, -0.25) is 0 Å². The molecule has 0 atom stereocenters. The highest BCUT2D eigenvalue weighted by Gasteiger charge is 2.24. The van der Waals surface area contributed by atoms with Crippen LogP contribution in [-0.2, 0) is 0 Å². The van der Waals surface area contributed by atoms with E-state index in [1.165, 1.54) is 41.7 Å². The van der Waals surface area contributed by atoms with Gasteiger partial charge in [-0.05, 0) is 59.3 Å². The summed E-state index contributed by atoms with van der Waals surface area (Å²) in [4.78, 5) is 15.8. The quantitative estimate of drug-likeness (QED) is 0.182. The van der Waals surface area contributed by atoms with Crippen LogP contribution in [0.2, 0.25) is 0 Å². The van der Waals surface area contributed by atoms with E-state index in [0.29, 0.717) is 17.5 Å². The summed E-state index contributed by atoms with van der Waals surface area (Å²) < 4.78 is 11.4. The fraction of sp³-hybridized carbons (Fsp3) is 0. The minimum absolute atomic E-state index is 0.592. The second kappa shape index (κ2) is 11.7. The SMILES string of the molecule is c1ccc(-c2nc(-c3ccc4c(c3)sc3ccccc34)nc(-c3ccc4oc5ccccc5c4c3-n3c4ccccc4c4cc5ccccc5cc43)n2)cc1. The normalized spacial score (nSPS) is 12.0. The van der Waals surface area contributed by atoms with Crippen molar-refractivity contribution >= 4 is 86.0 Å². The van der Waals surface area contributed by atoms with Crippen molar-refractivity contribution in [3.05, 3.63) is 170 Å². The van der Waals surface area contributed by atoms with Gasteiger partial charge in [0.15, 0.2) is 17.5 Å². The molecule has 0 aliphatic carbocycles. The minimum Gasteiger partial charge on any atom is -0.456 e. The van der Waals surface area contributed by atoms with Gasteiger partial charge in [-0.15, -0.1) is 11.3 Å². The predicted molar refractivity (Wildman–Crippen MR) is 228 cm³/mol. The van der Waals surface area contributed by atoms with Gasteiger partial charge in [-0.25, -0.2) is 15.0 Å². The Morgan fingerprint density at radius 2 is 1.09 bits per heavy atom. The molecule has 12 rings (SSSR count). The van der Waals surface area contributed by atoms with E-state index in [2.05, 4.69) is 144 Å². The summed E-state index contributed by atoms with van der Waals surface area (Å²) in [6.45, 7) is 0. The van der Waals surface area contributed by atoms with E-state index in [0.717, 1.165) is 55.3 Å². The molecule has 0 aliphatic heterocycles. The summed E-state index contributed by atoms with van der Waals surface area (Å²) >= 11 is 1.79. The average Bonchev–Trinajstić information content (AvgIpc) is 3.92. The maximum absolute atomic E-state index is 6.56. The van der Waals surface area contributed by atoms with Crippen molar-refractivity contribution in [2.45, 2.75) is 0 Å². The van der Waals surface area contributed by atoms with Crippen molar-refractivity contribution < 1.29 is 4.42 Å². The lowest BCUT2D eigenvalue weighted by atomic mass is 10.0. The number of para-hydroxylation sites is 2. The van der Waals surface area contributed by atoms with Gasteiger partial charge in [0.1, 0.15) is 11.2 Å². The standard InChI is InChI=1S/C49H28N4OS/c1-2-12-29(13-3-1)47-50-48(32-22-23-35-34-17-8-11-21-43(34)55-44(35)28-32)52-49(51-47)37-24-25-42-45(36-18-7-10-20-41(36)54-42)46(37)53-39-19-9-6-16-33(39)38-26-30-14-4-5-15-31(30)27-40(38)53/h1-28H. The molecule has 8 aromatic carbocycles. The maximum atomic E-state index is 6.56. The summed E-state index contributed by atoms with van der Waals surface area (Å²) in [6, 6.07) is 59.6. The number of thiophene rings is 1. The first-order chi connectivity index (χ1) is 27.2. The van der Waals surface area contributed by atoms with Gasteiger partial charge in [-0.2, -0.15) is 0 Å². The lowest BCUT2D eigenvalue weighted by molar-refractivity contribution is 0.669. The van der Waals surface area contributed by atoms with Crippen molar-refractivity contribution in [1.29, 1.82) is 0 Å². The summed E-state index contributed by atoms with van der Waals surface area (Å²) in [5.74, 6) is 1.84. The number of fused-ring (bicyclic) bond motifs is 10. The lowest BCUT2D eigenvalue weighted by Gasteiger charge is -2.16. The second-order valence-corrected chi connectivity index (χ2v) is 15.1. The van der Waals surface area contributed by atoms with Gasteiger partial charge in [-0.1, -0.05) is 121 Å². The number of aromatic nitrogens is 4. The first kappa shape index (κ1) is 30.3. The lowest BCUT2D eigenvalue weighted by Crippen LogP contribution is -2.04. The molecule has 0 fully saturated rings. The van der Waals surface area contributed by atoms with Gasteiger partial charge < -0.3 is 8.98 Å². The molecule has 0 saturated carbocycles. The van der Waals surface area contributed by atoms with E-state index in [4.69, 9.17) is 19.4 Å². The molecule has 0 amide bonds. The topological polar surface area (TPSA) is 56.7 Å². The van der Waals surface area contributed by atoms with Crippen LogP contribution >= 0.6 is 11.3 Å². The second-order valence-electron chi connectivity index (χ2n) is 14.0. The van der Waals surface area contributed by atoms with Crippen molar-refractivity contribution in [2.24, 2.45) is 0 Å². The van der Waals surface area contributed by atoms with Crippen LogP contribution in [0.1, 0.15) is 0 Å². The molecule has 55 heavy (non-hydrogen) atoms. The molecule has 0 spiro atoms. The Kier molecular flexibility index (Phi) is 6.44. The van der Waals surface area contributed by atoms with Crippen LogP contribution < -0.4 is 0 Å². The van der Waals surface area contributed by atoms with E-state index in [-0.39, 0.29) is 0 Å². The van der Waals surface area contributed by atoms with Crippen LogP contribution in [0.3, 0.4) is 0 Å². The van der Waals surface area contributed by atoms with Gasteiger partial charge in [0, 0.05) is 53.0 Å². The summed E-state index contributed by atoms with van der Waals surface area (Å²) in [6.07, 6.45) is 0. The molecule has 256 valence electrons. The maximum Gasteiger partial charge on any atom is 0.166 e. The first-order valence-electron chi connectivity index (χ1n) is 18.4. The Balaban J connectivity index is 1.20. The summed E-state index contributed by atoms with van der Waals surface area (Å²) in [7, 11) is 0. The number of hydrogen-bond donors (Lipinski definition) is 0. The zero-order chi connectivity index (χ0) is 36.0. The Morgan fingerprint density at radius 3 is 1.96 bits per heavy atom. The minimum atomic E-state index is 0.592. The number of furan rings is 1. The molecule has 0 saturated heterocycles.